The Labute approximate surface area is 128 Å². The SMILES string of the molecule is CC(C)(C)[Si](C)(C)OC[C@@H]1CC[C@]23CC=C[C@H]2OC(=O)N13. The molecule has 0 aromatic rings. The van der Waals surface area contributed by atoms with E-state index in [9.17, 15) is 4.79 Å². The molecule has 1 spiro atoms. The zero-order valence-corrected chi connectivity index (χ0v) is 14.8. The van der Waals surface area contributed by atoms with Gasteiger partial charge in [0, 0.05) is 0 Å². The van der Waals surface area contributed by atoms with Crippen LogP contribution in [-0.4, -0.2) is 43.6 Å². The molecule has 1 aliphatic carbocycles. The molecule has 3 atom stereocenters. The minimum Gasteiger partial charge on any atom is -0.439 e. The molecule has 2 aliphatic heterocycles. The van der Waals surface area contributed by atoms with Crippen molar-refractivity contribution in [1.82, 2.24) is 4.90 Å². The molecule has 0 saturated carbocycles. The van der Waals surface area contributed by atoms with Crippen molar-refractivity contribution < 1.29 is 14.0 Å². The van der Waals surface area contributed by atoms with E-state index < -0.39 is 8.32 Å². The van der Waals surface area contributed by atoms with Crippen LogP contribution in [-0.2, 0) is 9.16 Å². The Morgan fingerprint density at radius 1 is 1.48 bits per heavy atom. The highest BCUT2D eigenvalue weighted by Gasteiger charge is 2.61. The molecule has 5 heteroatoms. The Bertz CT molecular complexity index is 482. The Balaban J connectivity index is 1.70. The second kappa shape index (κ2) is 4.59. The summed E-state index contributed by atoms with van der Waals surface area (Å²) in [7, 11) is -1.77. The van der Waals surface area contributed by atoms with Gasteiger partial charge in [0.15, 0.2) is 8.32 Å². The second-order valence-corrected chi connectivity index (χ2v) is 13.0. The molecular formula is C16H27NO3Si. The Hall–Kier alpha value is -0.813. The van der Waals surface area contributed by atoms with E-state index >= 15 is 0 Å². The number of hydrogen-bond acceptors (Lipinski definition) is 3. The van der Waals surface area contributed by atoms with E-state index in [0.29, 0.717) is 6.61 Å². The van der Waals surface area contributed by atoms with E-state index in [0.717, 1.165) is 19.3 Å². The smallest absolute Gasteiger partial charge is 0.411 e. The average Bonchev–Trinajstić information content (AvgIpc) is 2.97. The van der Waals surface area contributed by atoms with E-state index in [4.69, 9.17) is 9.16 Å². The first-order valence-electron chi connectivity index (χ1n) is 7.98. The highest BCUT2D eigenvalue weighted by atomic mass is 28.4. The number of nitrogens with zero attached hydrogens (tertiary/aromatic N) is 1. The number of carbonyl (C=O) groups excluding carboxylic acids is 1. The summed E-state index contributed by atoms with van der Waals surface area (Å²) < 4.78 is 11.9. The minimum absolute atomic E-state index is 0.0390. The van der Waals surface area contributed by atoms with Crippen molar-refractivity contribution >= 4 is 14.4 Å². The zero-order valence-electron chi connectivity index (χ0n) is 13.8. The third-order valence-electron chi connectivity index (χ3n) is 5.93. The second-order valence-electron chi connectivity index (χ2n) is 8.17. The molecule has 3 aliphatic rings. The molecule has 21 heavy (non-hydrogen) atoms. The monoisotopic (exact) mass is 309 g/mol. The first-order chi connectivity index (χ1) is 9.67. The summed E-state index contributed by atoms with van der Waals surface area (Å²) in [6.45, 7) is 11.9. The molecule has 2 heterocycles. The average molecular weight is 309 g/mol. The predicted octanol–water partition coefficient (Wildman–Crippen LogP) is 3.69. The number of carbonyl (C=O) groups is 1. The Kier molecular flexibility index (Phi) is 3.30. The lowest BCUT2D eigenvalue weighted by molar-refractivity contribution is 0.122. The van der Waals surface area contributed by atoms with E-state index in [2.05, 4.69) is 46.0 Å². The van der Waals surface area contributed by atoms with Crippen LogP contribution in [0, 0.1) is 0 Å². The van der Waals surface area contributed by atoms with Gasteiger partial charge >= 0.3 is 6.09 Å². The standard InChI is InChI=1S/C16H27NO3Si/c1-15(2,3)21(4,5)19-11-12-8-10-16-9-6-7-13(16)20-14(18)17(12)16/h6-7,12-13H,8-11H2,1-5H3/t12-,13+,16+/m0/s1. The van der Waals surface area contributed by atoms with E-state index in [1.54, 1.807) is 0 Å². The van der Waals surface area contributed by atoms with Crippen LogP contribution in [0.15, 0.2) is 12.2 Å². The Morgan fingerprint density at radius 2 is 2.19 bits per heavy atom. The molecule has 0 bridgehead atoms. The van der Waals surface area contributed by atoms with Crippen LogP contribution in [0.1, 0.15) is 40.0 Å². The number of hydrogen-bond donors (Lipinski definition) is 0. The fourth-order valence-corrected chi connectivity index (χ4v) is 4.57. The highest BCUT2D eigenvalue weighted by Crippen LogP contribution is 2.49. The van der Waals surface area contributed by atoms with Crippen molar-refractivity contribution in [2.24, 2.45) is 0 Å². The minimum atomic E-state index is -1.77. The lowest BCUT2D eigenvalue weighted by atomic mass is 9.92. The number of amides is 1. The first-order valence-corrected chi connectivity index (χ1v) is 10.9. The van der Waals surface area contributed by atoms with Crippen LogP contribution < -0.4 is 0 Å². The maximum absolute atomic E-state index is 12.2. The third-order valence-corrected chi connectivity index (χ3v) is 10.4. The quantitative estimate of drug-likeness (QED) is 0.589. The van der Waals surface area contributed by atoms with Gasteiger partial charge in [0.2, 0.25) is 0 Å². The molecule has 1 amide bonds. The van der Waals surface area contributed by atoms with Gasteiger partial charge in [-0.1, -0.05) is 26.8 Å². The van der Waals surface area contributed by atoms with Gasteiger partial charge in [-0.2, -0.15) is 0 Å². The van der Waals surface area contributed by atoms with Gasteiger partial charge in [0.05, 0.1) is 18.2 Å². The van der Waals surface area contributed by atoms with Crippen LogP contribution >= 0.6 is 0 Å². The van der Waals surface area contributed by atoms with Crippen molar-refractivity contribution in [1.29, 1.82) is 0 Å². The van der Waals surface area contributed by atoms with Crippen LogP contribution in [0.25, 0.3) is 0 Å². The van der Waals surface area contributed by atoms with Gasteiger partial charge in [-0.15, -0.1) is 0 Å². The lowest BCUT2D eigenvalue weighted by Gasteiger charge is -2.38. The van der Waals surface area contributed by atoms with Gasteiger partial charge in [-0.3, -0.25) is 4.90 Å². The molecule has 2 fully saturated rings. The van der Waals surface area contributed by atoms with Crippen LogP contribution in [0.3, 0.4) is 0 Å². The molecule has 0 radical (unpaired) electrons. The molecule has 0 aromatic carbocycles. The normalized spacial score (nSPS) is 35.1. The van der Waals surface area contributed by atoms with Crippen molar-refractivity contribution in [3.63, 3.8) is 0 Å². The number of ether oxygens (including phenoxy) is 1. The third kappa shape index (κ3) is 2.16. The van der Waals surface area contributed by atoms with Crippen LogP contribution in [0.5, 0.6) is 0 Å². The van der Waals surface area contributed by atoms with Gasteiger partial charge < -0.3 is 9.16 Å². The summed E-state index contributed by atoms with van der Waals surface area (Å²) in [4.78, 5) is 14.2. The summed E-state index contributed by atoms with van der Waals surface area (Å²) in [5, 5.41) is 0.201. The molecule has 0 N–H and O–H groups in total. The molecule has 0 unspecified atom stereocenters. The highest BCUT2D eigenvalue weighted by molar-refractivity contribution is 6.74. The first kappa shape index (κ1) is 15.1. The van der Waals surface area contributed by atoms with Crippen LogP contribution in [0.4, 0.5) is 4.79 Å². The molecule has 2 saturated heterocycles. The summed E-state index contributed by atoms with van der Waals surface area (Å²) in [6.07, 6.45) is 7.01. The lowest BCUT2D eigenvalue weighted by Crippen LogP contribution is -2.50. The maximum atomic E-state index is 12.2. The van der Waals surface area contributed by atoms with Gasteiger partial charge in [0.25, 0.3) is 0 Å². The molecule has 118 valence electrons. The Morgan fingerprint density at radius 3 is 2.86 bits per heavy atom. The predicted molar refractivity (Wildman–Crippen MR) is 84.8 cm³/mol. The summed E-state index contributed by atoms with van der Waals surface area (Å²) in [5.74, 6) is 0. The van der Waals surface area contributed by atoms with Gasteiger partial charge in [0.1, 0.15) is 6.10 Å². The summed E-state index contributed by atoms with van der Waals surface area (Å²) in [6, 6.07) is 0.177. The molecule has 0 aromatic heterocycles. The summed E-state index contributed by atoms with van der Waals surface area (Å²) in [5.41, 5.74) is -0.0987. The van der Waals surface area contributed by atoms with Crippen molar-refractivity contribution in [2.75, 3.05) is 6.61 Å². The van der Waals surface area contributed by atoms with E-state index in [1.807, 2.05) is 4.90 Å². The summed E-state index contributed by atoms with van der Waals surface area (Å²) >= 11 is 0. The fourth-order valence-electron chi connectivity index (χ4n) is 3.52. The molecule has 3 rings (SSSR count). The van der Waals surface area contributed by atoms with Gasteiger partial charge in [-0.25, -0.2) is 4.79 Å². The fraction of sp³-hybridized carbons (Fsp3) is 0.812. The van der Waals surface area contributed by atoms with Crippen LogP contribution in [0.2, 0.25) is 18.1 Å². The van der Waals surface area contributed by atoms with E-state index in [1.165, 1.54) is 0 Å². The molecular weight excluding hydrogens is 282 g/mol. The van der Waals surface area contributed by atoms with Crippen molar-refractivity contribution in [3.05, 3.63) is 12.2 Å². The van der Waals surface area contributed by atoms with Crippen molar-refractivity contribution in [2.45, 2.75) is 75.9 Å². The topological polar surface area (TPSA) is 38.8 Å². The maximum Gasteiger partial charge on any atom is 0.411 e. The number of rotatable bonds is 3. The zero-order chi connectivity index (χ0) is 15.5. The molecule has 4 nitrogen and oxygen atoms in total. The van der Waals surface area contributed by atoms with E-state index in [-0.39, 0.29) is 28.8 Å². The van der Waals surface area contributed by atoms with Gasteiger partial charge in [-0.05, 0) is 43.5 Å². The largest absolute Gasteiger partial charge is 0.439 e. The van der Waals surface area contributed by atoms with Crippen molar-refractivity contribution in [3.8, 4) is 0 Å².